The molecule has 23 heavy (non-hydrogen) atoms. The molecule has 1 aliphatic rings. The number of benzene rings is 1. The van der Waals surface area contributed by atoms with Gasteiger partial charge in [-0.1, -0.05) is 25.0 Å². The molecule has 2 rings (SSSR count). The minimum atomic E-state index is -3.35. The van der Waals surface area contributed by atoms with E-state index in [0.717, 1.165) is 18.4 Å². The highest BCUT2D eigenvalue weighted by atomic mass is 32.2. The highest BCUT2D eigenvalue weighted by Gasteiger charge is 2.30. The quantitative estimate of drug-likeness (QED) is 0.782. The molecule has 1 aliphatic carbocycles. The molecule has 0 aliphatic heterocycles. The number of carboxylic acid groups (broad SMARTS) is 1. The summed E-state index contributed by atoms with van der Waals surface area (Å²) >= 11 is 0. The van der Waals surface area contributed by atoms with Gasteiger partial charge >= 0.3 is 5.97 Å². The van der Waals surface area contributed by atoms with Crippen molar-refractivity contribution in [2.45, 2.75) is 37.4 Å². The SMILES string of the molecule is O=C(CS(=O)(=O)C1CCCC1)NCCc1ccc(C(=O)O)cc1. The van der Waals surface area contributed by atoms with E-state index < -0.39 is 27.5 Å². The van der Waals surface area contributed by atoms with Crippen LogP contribution in [-0.4, -0.2) is 42.9 Å². The number of hydrogen-bond acceptors (Lipinski definition) is 4. The van der Waals surface area contributed by atoms with E-state index in [1.807, 2.05) is 0 Å². The molecule has 1 amide bonds. The molecule has 0 radical (unpaired) electrons. The summed E-state index contributed by atoms with van der Waals surface area (Å²) in [6.07, 6.45) is 3.67. The van der Waals surface area contributed by atoms with Gasteiger partial charge in [-0.05, 0) is 37.0 Å². The molecular weight excluding hydrogens is 318 g/mol. The van der Waals surface area contributed by atoms with Crippen molar-refractivity contribution >= 4 is 21.7 Å². The van der Waals surface area contributed by atoms with Crippen molar-refractivity contribution in [3.63, 3.8) is 0 Å². The Labute approximate surface area is 135 Å². The van der Waals surface area contributed by atoms with Crippen LogP contribution in [0.3, 0.4) is 0 Å². The molecule has 1 aromatic rings. The molecule has 1 saturated carbocycles. The van der Waals surface area contributed by atoms with E-state index >= 15 is 0 Å². The van der Waals surface area contributed by atoms with Crippen LogP contribution in [-0.2, 0) is 21.1 Å². The molecule has 0 spiro atoms. The first-order valence-electron chi connectivity index (χ1n) is 7.69. The molecule has 0 saturated heterocycles. The van der Waals surface area contributed by atoms with Gasteiger partial charge < -0.3 is 10.4 Å². The van der Waals surface area contributed by atoms with Gasteiger partial charge in [0.05, 0.1) is 10.8 Å². The van der Waals surface area contributed by atoms with Gasteiger partial charge in [-0.25, -0.2) is 13.2 Å². The number of carbonyl (C=O) groups excluding carboxylic acids is 1. The lowest BCUT2D eigenvalue weighted by atomic mass is 10.1. The summed E-state index contributed by atoms with van der Waals surface area (Å²) in [5.74, 6) is -1.91. The number of aromatic carboxylic acids is 1. The standard InChI is InChI=1S/C16H21NO5S/c18-15(11-23(21,22)14-3-1-2-4-14)17-10-9-12-5-7-13(8-6-12)16(19)20/h5-8,14H,1-4,9-11H2,(H,17,18)(H,19,20). The van der Waals surface area contributed by atoms with Crippen molar-refractivity contribution in [3.05, 3.63) is 35.4 Å². The average Bonchev–Trinajstić information content (AvgIpc) is 3.02. The van der Waals surface area contributed by atoms with E-state index in [4.69, 9.17) is 5.11 Å². The van der Waals surface area contributed by atoms with Gasteiger partial charge in [0.1, 0.15) is 5.75 Å². The summed E-state index contributed by atoms with van der Waals surface area (Å²) in [4.78, 5) is 22.5. The van der Waals surface area contributed by atoms with Crippen LogP contribution in [0.25, 0.3) is 0 Å². The van der Waals surface area contributed by atoms with Gasteiger partial charge in [0, 0.05) is 6.54 Å². The minimum Gasteiger partial charge on any atom is -0.478 e. The van der Waals surface area contributed by atoms with Crippen molar-refractivity contribution in [3.8, 4) is 0 Å². The van der Waals surface area contributed by atoms with Crippen LogP contribution in [0.1, 0.15) is 41.6 Å². The van der Waals surface area contributed by atoms with E-state index in [-0.39, 0.29) is 10.8 Å². The Hall–Kier alpha value is -1.89. The Morgan fingerprint density at radius 2 is 1.74 bits per heavy atom. The van der Waals surface area contributed by atoms with Gasteiger partial charge in [0.15, 0.2) is 9.84 Å². The second-order valence-electron chi connectivity index (χ2n) is 5.82. The molecule has 1 aromatic carbocycles. The molecule has 2 N–H and O–H groups in total. The van der Waals surface area contributed by atoms with Gasteiger partial charge in [-0.15, -0.1) is 0 Å². The predicted octanol–water partition coefficient (Wildman–Crippen LogP) is 1.40. The third-order valence-corrected chi connectivity index (χ3v) is 6.23. The molecule has 6 nitrogen and oxygen atoms in total. The number of nitrogens with one attached hydrogen (secondary N) is 1. The lowest BCUT2D eigenvalue weighted by Crippen LogP contribution is -2.35. The van der Waals surface area contributed by atoms with Gasteiger partial charge in [-0.3, -0.25) is 4.79 Å². The molecule has 0 heterocycles. The van der Waals surface area contributed by atoms with E-state index in [1.165, 1.54) is 12.1 Å². The smallest absolute Gasteiger partial charge is 0.335 e. The Bertz CT molecular complexity index is 660. The third kappa shape index (κ3) is 5.06. The van der Waals surface area contributed by atoms with Gasteiger partial charge in [-0.2, -0.15) is 0 Å². The fraction of sp³-hybridized carbons (Fsp3) is 0.500. The number of carbonyl (C=O) groups is 2. The molecular formula is C16H21NO5S. The zero-order valence-corrected chi connectivity index (χ0v) is 13.6. The number of hydrogen-bond donors (Lipinski definition) is 2. The fourth-order valence-corrected chi connectivity index (χ4v) is 4.51. The Balaban J connectivity index is 1.77. The summed E-state index contributed by atoms with van der Waals surface area (Å²) in [5.41, 5.74) is 1.09. The Morgan fingerprint density at radius 1 is 1.13 bits per heavy atom. The first kappa shape index (κ1) is 17.5. The molecule has 0 bridgehead atoms. The zero-order valence-electron chi connectivity index (χ0n) is 12.8. The zero-order chi connectivity index (χ0) is 16.9. The predicted molar refractivity (Wildman–Crippen MR) is 86.2 cm³/mol. The average molecular weight is 339 g/mol. The minimum absolute atomic E-state index is 0.209. The summed E-state index contributed by atoms with van der Waals surface area (Å²) in [7, 11) is -3.35. The summed E-state index contributed by atoms with van der Waals surface area (Å²) < 4.78 is 24.1. The lowest BCUT2D eigenvalue weighted by Gasteiger charge is -2.11. The largest absolute Gasteiger partial charge is 0.478 e. The normalized spacial score (nSPS) is 15.5. The number of amides is 1. The maximum Gasteiger partial charge on any atom is 0.335 e. The van der Waals surface area contributed by atoms with Crippen molar-refractivity contribution in [2.24, 2.45) is 0 Å². The van der Waals surface area contributed by atoms with Crippen LogP contribution < -0.4 is 5.32 Å². The van der Waals surface area contributed by atoms with Crippen molar-refractivity contribution in [2.75, 3.05) is 12.3 Å². The summed E-state index contributed by atoms with van der Waals surface area (Å²) in [5, 5.41) is 11.1. The number of carboxylic acids is 1. The molecule has 7 heteroatoms. The van der Waals surface area contributed by atoms with Crippen molar-refractivity contribution < 1.29 is 23.1 Å². The second-order valence-corrected chi connectivity index (χ2v) is 8.10. The number of sulfone groups is 1. The van der Waals surface area contributed by atoms with Gasteiger partial charge in [0.2, 0.25) is 5.91 Å². The van der Waals surface area contributed by atoms with E-state index in [2.05, 4.69) is 5.32 Å². The summed E-state index contributed by atoms with van der Waals surface area (Å²) in [6.45, 7) is 0.325. The maximum absolute atomic E-state index is 12.1. The molecule has 126 valence electrons. The van der Waals surface area contributed by atoms with Gasteiger partial charge in [0.25, 0.3) is 0 Å². The third-order valence-electron chi connectivity index (χ3n) is 4.08. The van der Waals surface area contributed by atoms with E-state index in [0.29, 0.717) is 25.8 Å². The molecule has 0 unspecified atom stereocenters. The fourth-order valence-electron chi connectivity index (χ4n) is 2.76. The van der Waals surface area contributed by atoms with Crippen LogP contribution in [0.4, 0.5) is 0 Å². The van der Waals surface area contributed by atoms with E-state index in [9.17, 15) is 18.0 Å². The number of rotatable bonds is 7. The Kier molecular flexibility index (Phi) is 5.76. The monoisotopic (exact) mass is 339 g/mol. The van der Waals surface area contributed by atoms with Crippen LogP contribution in [0.5, 0.6) is 0 Å². The lowest BCUT2D eigenvalue weighted by molar-refractivity contribution is -0.118. The van der Waals surface area contributed by atoms with Crippen LogP contribution in [0.15, 0.2) is 24.3 Å². The molecule has 1 fully saturated rings. The van der Waals surface area contributed by atoms with Crippen molar-refractivity contribution in [1.29, 1.82) is 0 Å². The van der Waals surface area contributed by atoms with Crippen molar-refractivity contribution in [1.82, 2.24) is 5.32 Å². The first-order valence-corrected chi connectivity index (χ1v) is 9.40. The van der Waals surface area contributed by atoms with E-state index in [1.54, 1.807) is 12.1 Å². The second kappa shape index (κ2) is 7.59. The molecule has 0 aromatic heterocycles. The first-order chi connectivity index (χ1) is 10.9. The van der Waals surface area contributed by atoms with Crippen LogP contribution in [0, 0.1) is 0 Å². The topological polar surface area (TPSA) is 101 Å². The van der Waals surface area contributed by atoms with Crippen LogP contribution in [0.2, 0.25) is 0 Å². The molecule has 0 atom stereocenters. The highest BCUT2D eigenvalue weighted by Crippen LogP contribution is 2.25. The van der Waals surface area contributed by atoms with Crippen LogP contribution >= 0.6 is 0 Å². The Morgan fingerprint density at radius 3 is 2.30 bits per heavy atom. The summed E-state index contributed by atoms with van der Waals surface area (Å²) in [6, 6.07) is 6.38. The maximum atomic E-state index is 12.1. The highest BCUT2D eigenvalue weighted by molar-refractivity contribution is 7.92.